The minimum Gasteiger partial charge on any atom is -0.327 e. The van der Waals surface area contributed by atoms with Crippen molar-refractivity contribution in [3.63, 3.8) is 0 Å². The highest BCUT2D eigenvalue weighted by Gasteiger charge is 2.14. The molecule has 26 heavy (non-hydrogen) atoms. The highest BCUT2D eigenvalue weighted by molar-refractivity contribution is 6.06. The maximum atomic E-state index is 12.5. The van der Waals surface area contributed by atoms with E-state index in [2.05, 4.69) is 34.3 Å². The molecule has 0 fully saturated rings. The highest BCUT2D eigenvalue weighted by atomic mass is 16.1. The average Bonchev–Trinajstić information content (AvgIpc) is 2.94. The van der Waals surface area contributed by atoms with E-state index < -0.39 is 0 Å². The number of aromatic nitrogens is 4. The minimum absolute atomic E-state index is 0.196. The SMILES string of the molecule is CC(C)c1ccc(C(=O)Nc2nnc3c4ccccc4n(C)c3n2)cc1. The lowest BCUT2D eigenvalue weighted by atomic mass is 10.0. The number of aryl methyl sites for hydroxylation is 1. The summed E-state index contributed by atoms with van der Waals surface area (Å²) in [5.41, 5.74) is 4.19. The van der Waals surface area contributed by atoms with Crippen LogP contribution in [0.3, 0.4) is 0 Å². The first-order valence-corrected chi connectivity index (χ1v) is 8.54. The van der Waals surface area contributed by atoms with Crippen molar-refractivity contribution in [2.24, 2.45) is 7.05 Å². The molecular weight excluding hydrogens is 326 g/mol. The number of carbonyl (C=O) groups excluding carboxylic acids is 1. The van der Waals surface area contributed by atoms with Gasteiger partial charge in [-0.05, 0) is 29.7 Å². The first-order valence-electron chi connectivity index (χ1n) is 8.54. The van der Waals surface area contributed by atoms with Crippen LogP contribution in [0.1, 0.15) is 35.7 Å². The Bertz CT molecular complexity index is 1110. The normalized spacial score (nSPS) is 11.4. The van der Waals surface area contributed by atoms with E-state index in [9.17, 15) is 4.79 Å². The lowest BCUT2D eigenvalue weighted by molar-refractivity contribution is 0.102. The topological polar surface area (TPSA) is 72.7 Å². The van der Waals surface area contributed by atoms with Gasteiger partial charge in [-0.1, -0.05) is 44.2 Å². The number of para-hydroxylation sites is 1. The van der Waals surface area contributed by atoms with Crippen molar-refractivity contribution in [2.45, 2.75) is 19.8 Å². The molecule has 0 saturated carbocycles. The van der Waals surface area contributed by atoms with Gasteiger partial charge in [-0.15, -0.1) is 10.2 Å². The summed E-state index contributed by atoms with van der Waals surface area (Å²) in [6, 6.07) is 15.5. The summed E-state index contributed by atoms with van der Waals surface area (Å²) < 4.78 is 1.95. The summed E-state index contributed by atoms with van der Waals surface area (Å²) in [6.45, 7) is 4.24. The van der Waals surface area contributed by atoms with Crippen LogP contribution in [0.25, 0.3) is 22.1 Å². The Labute approximate surface area is 150 Å². The van der Waals surface area contributed by atoms with Crippen molar-refractivity contribution < 1.29 is 4.79 Å². The molecule has 2 aromatic carbocycles. The number of rotatable bonds is 3. The smallest absolute Gasteiger partial charge is 0.258 e. The second-order valence-electron chi connectivity index (χ2n) is 6.61. The van der Waals surface area contributed by atoms with E-state index in [4.69, 9.17) is 0 Å². The van der Waals surface area contributed by atoms with Gasteiger partial charge in [0.15, 0.2) is 5.65 Å². The zero-order chi connectivity index (χ0) is 18.3. The fraction of sp³-hybridized carbons (Fsp3) is 0.200. The van der Waals surface area contributed by atoms with Crippen molar-refractivity contribution >= 4 is 33.9 Å². The molecule has 0 aliphatic carbocycles. The van der Waals surface area contributed by atoms with E-state index in [-0.39, 0.29) is 11.9 Å². The Hall–Kier alpha value is -3.28. The van der Waals surface area contributed by atoms with Crippen LogP contribution in [-0.2, 0) is 7.05 Å². The molecule has 0 spiro atoms. The van der Waals surface area contributed by atoms with Crippen molar-refractivity contribution in [2.75, 3.05) is 5.32 Å². The van der Waals surface area contributed by atoms with Gasteiger partial charge < -0.3 is 4.57 Å². The number of anilines is 1. The zero-order valence-electron chi connectivity index (χ0n) is 14.9. The van der Waals surface area contributed by atoms with Gasteiger partial charge in [0.05, 0.1) is 5.52 Å². The van der Waals surface area contributed by atoms with E-state index in [0.29, 0.717) is 17.1 Å². The van der Waals surface area contributed by atoms with Gasteiger partial charge in [0.25, 0.3) is 11.9 Å². The summed E-state index contributed by atoms with van der Waals surface area (Å²) in [6.07, 6.45) is 0. The second-order valence-corrected chi connectivity index (χ2v) is 6.61. The highest BCUT2D eigenvalue weighted by Crippen LogP contribution is 2.25. The van der Waals surface area contributed by atoms with Gasteiger partial charge in [0.2, 0.25) is 0 Å². The van der Waals surface area contributed by atoms with E-state index in [1.54, 1.807) is 0 Å². The Morgan fingerprint density at radius 1 is 1.04 bits per heavy atom. The molecule has 0 aliphatic heterocycles. The van der Waals surface area contributed by atoms with E-state index in [1.807, 2.05) is 60.1 Å². The lowest BCUT2D eigenvalue weighted by Gasteiger charge is -2.07. The minimum atomic E-state index is -0.250. The third-order valence-corrected chi connectivity index (χ3v) is 4.57. The molecule has 1 amide bonds. The summed E-state index contributed by atoms with van der Waals surface area (Å²) >= 11 is 0. The molecule has 4 aromatic rings. The first kappa shape index (κ1) is 16.2. The number of nitrogens with zero attached hydrogens (tertiary/aromatic N) is 4. The van der Waals surface area contributed by atoms with Crippen LogP contribution < -0.4 is 5.32 Å². The van der Waals surface area contributed by atoms with Crippen molar-refractivity contribution in [1.29, 1.82) is 0 Å². The maximum absolute atomic E-state index is 12.5. The summed E-state index contributed by atoms with van der Waals surface area (Å²) in [4.78, 5) is 16.9. The van der Waals surface area contributed by atoms with Gasteiger partial charge in [0.1, 0.15) is 5.52 Å². The largest absolute Gasteiger partial charge is 0.327 e. The van der Waals surface area contributed by atoms with Crippen LogP contribution in [0.15, 0.2) is 48.5 Å². The zero-order valence-corrected chi connectivity index (χ0v) is 14.9. The molecule has 130 valence electrons. The summed E-state index contributed by atoms with van der Waals surface area (Å²) in [7, 11) is 1.93. The van der Waals surface area contributed by atoms with Crippen molar-refractivity contribution in [3.05, 3.63) is 59.7 Å². The fourth-order valence-corrected chi connectivity index (χ4v) is 3.05. The molecule has 6 heteroatoms. The number of carbonyl (C=O) groups is 1. The molecule has 0 bridgehead atoms. The lowest BCUT2D eigenvalue weighted by Crippen LogP contribution is -2.15. The summed E-state index contributed by atoms with van der Waals surface area (Å²) in [5, 5.41) is 12.1. The van der Waals surface area contributed by atoms with Crippen LogP contribution in [-0.4, -0.2) is 25.7 Å². The van der Waals surface area contributed by atoms with E-state index in [1.165, 1.54) is 5.56 Å². The number of amides is 1. The van der Waals surface area contributed by atoms with Crippen LogP contribution in [0.5, 0.6) is 0 Å². The van der Waals surface area contributed by atoms with Gasteiger partial charge in [-0.3, -0.25) is 10.1 Å². The molecular formula is C20H19N5O. The second kappa shape index (κ2) is 6.22. The van der Waals surface area contributed by atoms with Crippen LogP contribution in [0, 0.1) is 0 Å². The fourth-order valence-electron chi connectivity index (χ4n) is 3.05. The molecule has 0 saturated heterocycles. The molecule has 2 aromatic heterocycles. The molecule has 6 nitrogen and oxygen atoms in total. The Morgan fingerprint density at radius 2 is 1.77 bits per heavy atom. The molecule has 2 heterocycles. The third kappa shape index (κ3) is 2.69. The Balaban J connectivity index is 1.65. The van der Waals surface area contributed by atoms with Gasteiger partial charge in [-0.25, -0.2) is 0 Å². The molecule has 0 radical (unpaired) electrons. The standard InChI is InChI=1S/C20H19N5O/c1-12(2)13-8-10-14(11-9-13)19(26)22-20-21-18-17(23-24-20)15-6-4-5-7-16(15)25(18)3/h4-12H,1-3H3,(H,21,22,24,26). The van der Waals surface area contributed by atoms with E-state index in [0.717, 1.165) is 16.4 Å². The summed E-state index contributed by atoms with van der Waals surface area (Å²) in [5.74, 6) is 0.370. The molecule has 1 N–H and O–H groups in total. The van der Waals surface area contributed by atoms with Crippen LogP contribution in [0.4, 0.5) is 5.95 Å². The van der Waals surface area contributed by atoms with Crippen LogP contribution >= 0.6 is 0 Å². The molecule has 0 aliphatic rings. The maximum Gasteiger partial charge on any atom is 0.258 e. The molecule has 0 atom stereocenters. The third-order valence-electron chi connectivity index (χ3n) is 4.57. The molecule has 0 unspecified atom stereocenters. The number of hydrogen-bond acceptors (Lipinski definition) is 4. The van der Waals surface area contributed by atoms with E-state index >= 15 is 0 Å². The number of hydrogen-bond donors (Lipinski definition) is 1. The molecule has 4 rings (SSSR count). The number of fused-ring (bicyclic) bond motifs is 3. The Kier molecular flexibility index (Phi) is 3.88. The number of benzene rings is 2. The predicted octanol–water partition coefficient (Wildman–Crippen LogP) is 3.89. The van der Waals surface area contributed by atoms with Gasteiger partial charge in [-0.2, -0.15) is 4.98 Å². The monoisotopic (exact) mass is 345 g/mol. The Morgan fingerprint density at radius 3 is 2.50 bits per heavy atom. The van der Waals surface area contributed by atoms with Crippen molar-refractivity contribution in [1.82, 2.24) is 19.7 Å². The van der Waals surface area contributed by atoms with Crippen LogP contribution in [0.2, 0.25) is 0 Å². The quantitative estimate of drug-likeness (QED) is 0.611. The van der Waals surface area contributed by atoms with Gasteiger partial charge >= 0.3 is 0 Å². The average molecular weight is 345 g/mol. The predicted molar refractivity (Wildman–Crippen MR) is 102 cm³/mol. The van der Waals surface area contributed by atoms with Crippen molar-refractivity contribution in [3.8, 4) is 0 Å². The first-order chi connectivity index (χ1) is 12.5. The number of nitrogens with one attached hydrogen (secondary N) is 1. The van der Waals surface area contributed by atoms with Gasteiger partial charge in [0, 0.05) is 18.0 Å².